The quantitative estimate of drug-likeness (QED) is 0.238. The summed E-state index contributed by atoms with van der Waals surface area (Å²) in [7, 11) is 3.21. The van der Waals surface area contributed by atoms with Crippen LogP contribution in [0.4, 0.5) is 5.69 Å². The number of aryl methyl sites for hydroxylation is 1. The summed E-state index contributed by atoms with van der Waals surface area (Å²) in [5.74, 6) is 1.19. The number of carbonyl (C=O) groups is 2. The van der Waals surface area contributed by atoms with E-state index < -0.39 is 5.41 Å². The molecule has 0 radical (unpaired) electrons. The van der Waals surface area contributed by atoms with E-state index in [1.165, 1.54) is 19.3 Å². The predicted octanol–water partition coefficient (Wildman–Crippen LogP) is 7.09. The average Bonchev–Trinajstić information content (AvgIpc) is 3.22. The lowest BCUT2D eigenvalue weighted by molar-refractivity contribution is -0.123. The number of carbonyl (C=O) groups excluding carboxylic acids is 2. The summed E-state index contributed by atoms with van der Waals surface area (Å²) in [5, 5.41) is 4.20. The molecule has 0 saturated carbocycles. The number of likely N-dealkylation sites (tertiary alicyclic amines) is 1. The van der Waals surface area contributed by atoms with Crippen molar-refractivity contribution in [1.82, 2.24) is 10.2 Å². The van der Waals surface area contributed by atoms with Gasteiger partial charge in [-0.1, -0.05) is 29.6 Å². The Morgan fingerprint density at radius 2 is 1.73 bits per heavy atom. The second-order valence-corrected chi connectivity index (χ2v) is 12.4. The third kappa shape index (κ3) is 7.28. The molecular weight excluding hydrogens is 621 g/mol. The van der Waals surface area contributed by atoms with Gasteiger partial charge in [0.1, 0.15) is 11.5 Å². The van der Waals surface area contributed by atoms with Crippen molar-refractivity contribution in [2.24, 2.45) is 0 Å². The minimum Gasteiger partial charge on any atom is -0.497 e. The van der Waals surface area contributed by atoms with Crippen molar-refractivity contribution >= 4 is 53.1 Å². The lowest BCUT2D eigenvalue weighted by atomic mass is 9.78. The highest BCUT2D eigenvalue weighted by Crippen LogP contribution is 2.47. The molecular formula is C34H40Cl3N3O4. The first-order valence-corrected chi connectivity index (χ1v) is 15.6. The van der Waals surface area contributed by atoms with Crippen molar-refractivity contribution in [1.29, 1.82) is 0 Å². The van der Waals surface area contributed by atoms with Gasteiger partial charge < -0.3 is 24.6 Å². The van der Waals surface area contributed by atoms with E-state index in [-0.39, 0.29) is 24.2 Å². The molecule has 2 aliphatic rings. The summed E-state index contributed by atoms with van der Waals surface area (Å²) < 4.78 is 11.0. The lowest BCUT2D eigenvalue weighted by Gasteiger charge is -2.26. The molecule has 0 aliphatic carbocycles. The standard InChI is InChI=1S/C34H39Cl2N3O4.ClH/c1-34(14-13-23-19-24(8-11-29(23)36)32(40)37-15-18-38-16-5-4-6-17-38)28-20-26(35)9-12-30(28)39(33(34)41)22-25-7-10-27(42-2)21-31(25)43-3;/h7-12,19-21H,4-6,13-18,22H2,1-3H3,(H,37,40);1H. The van der Waals surface area contributed by atoms with Crippen LogP contribution < -0.4 is 19.7 Å². The number of nitrogens with one attached hydrogen (secondary N) is 1. The van der Waals surface area contributed by atoms with Crippen molar-refractivity contribution in [2.75, 3.05) is 45.3 Å². The third-order valence-electron chi connectivity index (χ3n) is 8.75. The number of ether oxygens (including phenoxy) is 2. The number of halogens is 3. The van der Waals surface area contributed by atoms with Crippen LogP contribution in [0.3, 0.4) is 0 Å². The normalized spacial score (nSPS) is 18.0. The first-order chi connectivity index (χ1) is 20.7. The maximum Gasteiger partial charge on any atom is 0.251 e. The van der Waals surface area contributed by atoms with Crippen molar-refractivity contribution in [2.45, 2.75) is 51.0 Å². The summed E-state index contributed by atoms with van der Waals surface area (Å²) in [4.78, 5) is 31.3. The predicted molar refractivity (Wildman–Crippen MR) is 179 cm³/mol. The van der Waals surface area contributed by atoms with Crippen molar-refractivity contribution in [3.63, 3.8) is 0 Å². The smallest absolute Gasteiger partial charge is 0.251 e. The molecule has 5 rings (SSSR count). The van der Waals surface area contributed by atoms with Gasteiger partial charge in [-0.05, 0) is 105 Å². The highest BCUT2D eigenvalue weighted by molar-refractivity contribution is 6.31. The van der Waals surface area contributed by atoms with Crippen molar-refractivity contribution < 1.29 is 19.1 Å². The highest BCUT2D eigenvalue weighted by atomic mass is 35.5. The Labute approximate surface area is 276 Å². The summed E-state index contributed by atoms with van der Waals surface area (Å²) in [6.07, 6.45) is 4.74. The minimum atomic E-state index is -0.837. The van der Waals surface area contributed by atoms with Crippen LogP contribution in [-0.4, -0.2) is 57.1 Å². The van der Waals surface area contributed by atoms with Gasteiger partial charge in [-0.2, -0.15) is 0 Å². The summed E-state index contributed by atoms with van der Waals surface area (Å²) in [6.45, 7) is 5.95. The maximum atomic E-state index is 14.2. The van der Waals surface area contributed by atoms with Crippen LogP contribution in [0.25, 0.3) is 0 Å². The lowest BCUT2D eigenvalue weighted by Crippen LogP contribution is -2.38. The van der Waals surface area contributed by atoms with Crippen LogP contribution in [0.1, 0.15) is 59.7 Å². The van der Waals surface area contributed by atoms with Gasteiger partial charge in [0.25, 0.3) is 5.91 Å². The molecule has 0 spiro atoms. The van der Waals surface area contributed by atoms with Crippen LogP contribution >= 0.6 is 35.6 Å². The van der Waals surface area contributed by atoms with E-state index in [0.717, 1.165) is 42.0 Å². The average molecular weight is 661 g/mol. The summed E-state index contributed by atoms with van der Waals surface area (Å²) >= 11 is 13.1. The molecule has 44 heavy (non-hydrogen) atoms. The summed E-state index contributed by atoms with van der Waals surface area (Å²) in [5.41, 5.74) is 3.12. The number of hydrogen-bond acceptors (Lipinski definition) is 5. The largest absolute Gasteiger partial charge is 0.497 e. The number of piperidine rings is 1. The molecule has 2 amide bonds. The Balaban J connectivity index is 0.00000442. The number of hydrogen-bond donors (Lipinski definition) is 1. The molecule has 236 valence electrons. The molecule has 1 saturated heterocycles. The van der Waals surface area contributed by atoms with Crippen molar-refractivity contribution in [3.05, 3.63) is 86.9 Å². The van der Waals surface area contributed by atoms with Crippen LogP contribution in [-0.2, 0) is 23.2 Å². The second-order valence-electron chi connectivity index (χ2n) is 11.5. The first kappa shape index (κ1) is 33.9. The first-order valence-electron chi connectivity index (χ1n) is 14.9. The Morgan fingerprint density at radius 3 is 2.45 bits per heavy atom. The SMILES string of the molecule is COc1ccc(CN2C(=O)C(C)(CCc3cc(C(=O)NCCN4CCCCC4)ccc3Cl)c3cc(Cl)ccc32)c(OC)c1.Cl. The molecule has 1 fully saturated rings. The van der Waals surface area contributed by atoms with Gasteiger partial charge in [-0.15, -0.1) is 12.4 Å². The minimum absolute atomic E-state index is 0. The van der Waals surface area contributed by atoms with Gasteiger partial charge in [0.2, 0.25) is 5.91 Å². The van der Waals surface area contributed by atoms with Gasteiger partial charge in [0.15, 0.2) is 0 Å². The molecule has 7 nitrogen and oxygen atoms in total. The van der Waals surface area contributed by atoms with Gasteiger partial charge in [-0.25, -0.2) is 0 Å². The fourth-order valence-electron chi connectivity index (χ4n) is 6.16. The van der Waals surface area contributed by atoms with E-state index in [1.54, 1.807) is 31.3 Å². The zero-order valence-electron chi connectivity index (χ0n) is 25.5. The van der Waals surface area contributed by atoms with E-state index >= 15 is 0 Å². The number of methoxy groups -OCH3 is 2. The number of rotatable bonds is 11. The van der Waals surface area contributed by atoms with E-state index in [9.17, 15) is 9.59 Å². The molecule has 1 unspecified atom stereocenters. The molecule has 3 aromatic rings. The van der Waals surface area contributed by atoms with E-state index in [4.69, 9.17) is 32.7 Å². The Hall–Kier alpha value is -2.97. The Bertz CT molecular complexity index is 1490. The number of benzene rings is 3. The van der Waals surface area contributed by atoms with E-state index in [2.05, 4.69) is 10.2 Å². The number of anilines is 1. The van der Waals surface area contributed by atoms with Crippen molar-refractivity contribution in [3.8, 4) is 11.5 Å². The number of fused-ring (bicyclic) bond motifs is 1. The van der Waals surface area contributed by atoms with Crippen LogP contribution in [0.5, 0.6) is 11.5 Å². The highest BCUT2D eigenvalue weighted by Gasteiger charge is 2.47. The summed E-state index contributed by atoms with van der Waals surface area (Å²) in [6, 6.07) is 16.6. The van der Waals surface area contributed by atoms with Crippen LogP contribution in [0.2, 0.25) is 10.0 Å². The fraction of sp³-hybridized carbons (Fsp3) is 0.412. The third-order valence-corrected chi connectivity index (χ3v) is 9.35. The van der Waals surface area contributed by atoms with Gasteiger partial charge in [0, 0.05) is 46.0 Å². The van der Waals surface area contributed by atoms with Gasteiger partial charge in [-0.3, -0.25) is 9.59 Å². The van der Waals surface area contributed by atoms with Gasteiger partial charge in [0.05, 0.1) is 26.2 Å². The fourth-order valence-corrected chi connectivity index (χ4v) is 6.55. The molecule has 3 aromatic carbocycles. The maximum absolute atomic E-state index is 14.2. The Morgan fingerprint density at radius 1 is 0.955 bits per heavy atom. The number of nitrogens with zero attached hydrogens (tertiary/aromatic N) is 2. The van der Waals surface area contributed by atoms with Gasteiger partial charge >= 0.3 is 0 Å². The number of amides is 2. The zero-order valence-corrected chi connectivity index (χ0v) is 27.8. The van der Waals surface area contributed by atoms with E-state index in [0.29, 0.717) is 53.0 Å². The molecule has 2 heterocycles. The molecule has 2 aliphatic heterocycles. The molecule has 1 atom stereocenters. The van der Waals surface area contributed by atoms with E-state index in [1.807, 2.05) is 49.4 Å². The Kier molecular flexibility index (Phi) is 11.5. The molecule has 0 aromatic heterocycles. The van der Waals surface area contributed by atoms with Crippen LogP contribution in [0, 0.1) is 0 Å². The molecule has 0 bridgehead atoms. The molecule has 10 heteroatoms. The monoisotopic (exact) mass is 659 g/mol. The second kappa shape index (κ2) is 14.9. The molecule has 1 N–H and O–H groups in total. The zero-order chi connectivity index (χ0) is 30.6. The van der Waals surface area contributed by atoms with Crippen LogP contribution in [0.15, 0.2) is 54.6 Å². The topological polar surface area (TPSA) is 71.1 Å².